The lowest BCUT2D eigenvalue weighted by Gasteiger charge is -2.49. The Morgan fingerprint density at radius 2 is 1.58 bits per heavy atom. The molecule has 10 atom stereocenters. The number of hydrogen-bond acceptors (Lipinski definition) is 16. The first kappa shape index (κ1) is 49.4. The van der Waals surface area contributed by atoms with E-state index in [1.807, 2.05) is 60.7 Å². The largest absolute Gasteiger partial charge is 0.462 e. The lowest BCUT2D eigenvalue weighted by molar-refractivity contribution is -0.213. The molecule has 2 bridgehead atoms. The maximum Gasteiger partial charge on any atom is 0.348 e. The van der Waals surface area contributed by atoms with Crippen molar-refractivity contribution >= 4 is 41.8 Å². The summed E-state index contributed by atoms with van der Waals surface area (Å²) in [4.78, 5) is 88.2. The predicted octanol–water partition coefficient (Wildman–Crippen LogP) is 3.14. The molecule has 4 heterocycles. The van der Waals surface area contributed by atoms with Crippen LogP contribution in [0.2, 0.25) is 0 Å². The van der Waals surface area contributed by atoms with E-state index >= 15 is 4.79 Å². The van der Waals surface area contributed by atoms with E-state index in [1.54, 1.807) is 58.9 Å². The van der Waals surface area contributed by atoms with E-state index in [4.69, 9.17) is 33.3 Å². The Morgan fingerprint density at radius 3 is 2.19 bits per heavy atom. The summed E-state index contributed by atoms with van der Waals surface area (Å²) in [6.45, 7) is 9.48. The lowest BCUT2D eigenvalue weighted by atomic mass is 9.62. The number of carbonyl (C=O) groups is 6. The molecule has 0 radical (unpaired) electrons. The Balaban J connectivity index is 1.10. The SMILES string of the molecule is C[C@H](O)[C@@H](NC(=O)[C@@]12C[C@H]3OC(=O)[C@@H]1N(Cc1cccc(C=CC(=O)O[C@H]4C(=O)OCC4(C)C)c1)O[C@@H]2[C@H]1OC(c2ccccc2)(c2ccccc2)O[C@H]13)C(=O)N[C@H](CO)CCC(=O)OC(C)(C)C. The van der Waals surface area contributed by atoms with Gasteiger partial charge in [-0.3, -0.25) is 24.0 Å². The Labute approximate surface area is 399 Å². The molecule has 5 fully saturated rings. The van der Waals surface area contributed by atoms with E-state index in [2.05, 4.69) is 10.6 Å². The molecule has 3 aromatic rings. The molecule has 18 nitrogen and oxygen atoms in total. The number of nitrogens with zero attached hydrogens (tertiary/aromatic N) is 1. The number of cyclic esters (lactones) is 1. The van der Waals surface area contributed by atoms with Crippen LogP contribution in [0.1, 0.15) is 83.1 Å². The molecule has 368 valence electrons. The van der Waals surface area contributed by atoms with Crippen LogP contribution in [0.4, 0.5) is 0 Å². The molecular weight excluding hydrogens is 895 g/mol. The molecule has 0 unspecified atom stereocenters. The zero-order valence-corrected chi connectivity index (χ0v) is 39.3. The van der Waals surface area contributed by atoms with Crippen LogP contribution in [0.3, 0.4) is 0 Å². The predicted molar refractivity (Wildman–Crippen MR) is 242 cm³/mol. The first-order chi connectivity index (χ1) is 32.7. The number of benzene rings is 3. The fraction of sp³-hybridized carbons (Fsp3) is 0.490. The molecule has 4 aliphatic heterocycles. The Hall–Kier alpha value is -6.02. The van der Waals surface area contributed by atoms with Gasteiger partial charge in [-0.05, 0) is 51.3 Å². The number of fused-ring (bicyclic) bond motifs is 4. The maximum absolute atomic E-state index is 15.3. The topological polar surface area (TPSA) is 235 Å². The highest BCUT2D eigenvalue weighted by Crippen LogP contribution is 2.59. The molecule has 0 spiro atoms. The van der Waals surface area contributed by atoms with Gasteiger partial charge in [-0.15, -0.1) is 0 Å². The van der Waals surface area contributed by atoms with Crippen molar-refractivity contribution in [1.82, 2.24) is 15.7 Å². The van der Waals surface area contributed by atoms with Crippen molar-refractivity contribution in [3.05, 3.63) is 113 Å². The quantitative estimate of drug-likeness (QED) is 0.0918. The Bertz CT molecular complexity index is 2420. The van der Waals surface area contributed by atoms with E-state index in [0.29, 0.717) is 22.3 Å². The van der Waals surface area contributed by atoms with Crippen molar-refractivity contribution < 1.29 is 72.2 Å². The number of hydrogen-bond donors (Lipinski definition) is 4. The zero-order chi connectivity index (χ0) is 49.5. The second-order valence-corrected chi connectivity index (χ2v) is 19.9. The number of ether oxygens (including phenoxy) is 6. The van der Waals surface area contributed by atoms with Gasteiger partial charge in [-0.25, -0.2) is 9.59 Å². The number of carbonyl (C=O) groups excluding carboxylic acids is 6. The monoisotopic (exact) mass is 953 g/mol. The average Bonchev–Trinajstić information content (AvgIpc) is 3.97. The van der Waals surface area contributed by atoms with Gasteiger partial charge in [0.05, 0.1) is 25.3 Å². The summed E-state index contributed by atoms with van der Waals surface area (Å²) in [5.74, 6) is -5.89. The third-order valence-electron chi connectivity index (χ3n) is 13.1. The maximum atomic E-state index is 15.3. The summed E-state index contributed by atoms with van der Waals surface area (Å²) in [5.41, 5.74) is -0.814. The number of rotatable bonds is 16. The van der Waals surface area contributed by atoms with Crippen LogP contribution in [0, 0.1) is 10.8 Å². The molecule has 4 N–H and O–H groups in total. The first-order valence-electron chi connectivity index (χ1n) is 23.1. The molecule has 3 aromatic carbocycles. The standard InChI is InChI=1S/C51H59N3O15/c1-29(56)38(44(59)52-34(27-55)21-23-37(58)66-48(2,3)4)53-47(62)50-25-35-39-40(68-51(67-39,32-16-9-7-10-17-32)33-18-11-8-12-19-33)42(50)69-54(41(50)45(60)64-35)26-31-15-13-14-30(24-31)20-22-36(57)65-43-46(61)63-28-49(43,5)6/h7-20,22,24,29,34-35,38-43,55-56H,21,23,25-28H2,1-6H3,(H,52,59)(H,53,62)/t29-,34-,35+,38+,39-,40-,41-,42+,43-,50-/m0/s1. The van der Waals surface area contributed by atoms with Crippen LogP contribution in [0.25, 0.3) is 6.08 Å². The Kier molecular flexibility index (Phi) is 13.9. The molecule has 1 saturated carbocycles. The van der Waals surface area contributed by atoms with Gasteiger partial charge < -0.3 is 49.3 Å². The molecule has 8 rings (SSSR count). The first-order valence-corrected chi connectivity index (χ1v) is 23.1. The molecular formula is C51H59N3O15. The van der Waals surface area contributed by atoms with E-state index in [0.717, 1.165) is 0 Å². The van der Waals surface area contributed by atoms with Crippen molar-refractivity contribution in [1.29, 1.82) is 0 Å². The molecule has 4 saturated heterocycles. The van der Waals surface area contributed by atoms with Crippen LogP contribution in [0.15, 0.2) is 91.0 Å². The van der Waals surface area contributed by atoms with Gasteiger partial charge in [0.1, 0.15) is 48.1 Å². The number of nitrogens with one attached hydrogen (secondary N) is 2. The smallest absolute Gasteiger partial charge is 0.348 e. The second-order valence-electron chi connectivity index (χ2n) is 19.9. The molecule has 69 heavy (non-hydrogen) atoms. The highest BCUT2D eigenvalue weighted by atomic mass is 16.8. The van der Waals surface area contributed by atoms with Crippen LogP contribution < -0.4 is 10.6 Å². The minimum Gasteiger partial charge on any atom is -0.462 e. The van der Waals surface area contributed by atoms with Crippen molar-refractivity contribution in [2.45, 2.75) is 133 Å². The fourth-order valence-corrected chi connectivity index (χ4v) is 9.78. The summed E-state index contributed by atoms with van der Waals surface area (Å²) >= 11 is 0. The van der Waals surface area contributed by atoms with Crippen LogP contribution in [-0.4, -0.2) is 125 Å². The van der Waals surface area contributed by atoms with Crippen molar-refractivity contribution in [2.75, 3.05) is 13.2 Å². The lowest BCUT2D eigenvalue weighted by Crippen LogP contribution is -2.71. The molecule has 18 heteroatoms. The van der Waals surface area contributed by atoms with Crippen molar-refractivity contribution in [2.24, 2.45) is 10.8 Å². The third kappa shape index (κ3) is 9.91. The average molecular weight is 954 g/mol. The number of amides is 2. The number of esters is 4. The van der Waals surface area contributed by atoms with Gasteiger partial charge in [0.25, 0.3) is 0 Å². The van der Waals surface area contributed by atoms with Crippen LogP contribution in [0.5, 0.6) is 0 Å². The summed E-state index contributed by atoms with van der Waals surface area (Å²) in [6, 6.07) is 21.5. The summed E-state index contributed by atoms with van der Waals surface area (Å²) in [5, 5.41) is 28.0. The van der Waals surface area contributed by atoms with Crippen LogP contribution >= 0.6 is 0 Å². The normalized spacial score (nSPS) is 27.9. The minimum atomic E-state index is -1.80. The van der Waals surface area contributed by atoms with Gasteiger partial charge >= 0.3 is 23.9 Å². The van der Waals surface area contributed by atoms with E-state index < -0.39 is 119 Å². The third-order valence-corrected chi connectivity index (χ3v) is 13.1. The van der Waals surface area contributed by atoms with Gasteiger partial charge in [0, 0.05) is 35.5 Å². The van der Waals surface area contributed by atoms with Crippen molar-refractivity contribution in [3.63, 3.8) is 0 Å². The van der Waals surface area contributed by atoms with Gasteiger partial charge in [0.2, 0.25) is 23.7 Å². The van der Waals surface area contributed by atoms with E-state index in [1.165, 1.54) is 24.1 Å². The molecule has 1 aliphatic carbocycles. The van der Waals surface area contributed by atoms with Gasteiger partial charge in [-0.1, -0.05) is 98.8 Å². The zero-order valence-electron chi connectivity index (χ0n) is 39.3. The van der Waals surface area contributed by atoms with Crippen molar-refractivity contribution in [3.8, 4) is 0 Å². The minimum absolute atomic E-state index is 0.00332. The van der Waals surface area contributed by atoms with Crippen LogP contribution in [-0.2, 0) is 74.4 Å². The number of hydroxylamine groups is 2. The number of aliphatic hydroxyl groups is 2. The number of aliphatic hydroxyl groups excluding tert-OH is 2. The summed E-state index contributed by atoms with van der Waals surface area (Å²) < 4.78 is 36.1. The van der Waals surface area contributed by atoms with Gasteiger partial charge in [-0.2, -0.15) is 5.06 Å². The van der Waals surface area contributed by atoms with Gasteiger partial charge in [0.15, 0.2) is 6.04 Å². The van der Waals surface area contributed by atoms with E-state index in [-0.39, 0.29) is 32.4 Å². The molecule has 0 aromatic heterocycles. The van der Waals surface area contributed by atoms with E-state index in [9.17, 15) is 34.2 Å². The second kappa shape index (κ2) is 19.4. The fourth-order valence-electron chi connectivity index (χ4n) is 9.78. The highest BCUT2D eigenvalue weighted by molar-refractivity contribution is 5.96. The molecule has 5 aliphatic rings. The molecule has 2 amide bonds. The highest BCUT2D eigenvalue weighted by Gasteiger charge is 2.77. The summed E-state index contributed by atoms with van der Waals surface area (Å²) in [6.07, 6.45) is -4.34. The Morgan fingerprint density at radius 1 is 0.913 bits per heavy atom. The summed E-state index contributed by atoms with van der Waals surface area (Å²) in [7, 11) is 0.